The number of unbranched alkanes of at least 4 members (excludes halogenated alkanes) is 1. The van der Waals surface area contributed by atoms with Gasteiger partial charge in [-0.3, -0.25) is 4.79 Å². The van der Waals surface area contributed by atoms with Gasteiger partial charge in [0.1, 0.15) is 5.69 Å². The highest BCUT2D eigenvalue weighted by atomic mass is 16.5. The molecule has 0 aliphatic heterocycles. The van der Waals surface area contributed by atoms with Gasteiger partial charge in [0.2, 0.25) is 0 Å². The number of nitrogens with zero attached hydrogens (tertiary/aromatic N) is 2. The lowest BCUT2D eigenvalue weighted by molar-refractivity contribution is 0.289. The molecule has 0 bridgehead atoms. The third-order valence-corrected chi connectivity index (χ3v) is 3.05. The minimum atomic E-state index is -0.140. The number of benzene rings is 1. The van der Waals surface area contributed by atoms with E-state index < -0.39 is 0 Å². The minimum absolute atomic E-state index is 0.140. The lowest BCUT2D eigenvalue weighted by Gasteiger charge is -2.13. The van der Waals surface area contributed by atoms with E-state index in [0.29, 0.717) is 24.7 Å². The van der Waals surface area contributed by atoms with E-state index in [-0.39, 0.29) is 5.56 Å². The Bertz CT molecular complexity index is 623. The van der Waals surface area contributed by atoms with Gasteiger partial charge in [0.25, 0.3) is 11.4 Å². The quantitative estimate of drug-likeness (QED) is 0.795. The monoisotopic (exact) mass is 287 g/mol. The second-order valence-electron chi connectivity index (χ2n) is 4.71. The van der Waals surface area contributed by atoms with Crippen molar-refractivity contribution in [3.63, 3.8) is 0 Å². The zero-order chi connectivity index (χ0) is 15.1. The lowest BCUT2D eigenvalue weighted by atomic mass is 10.3. The lowest BCUT2D eigenvalue weighted by Crippen LogP contribution is -2.22. The van der Waals surface area contributed by atoms with Crippen LogP contribution in [0.4, 0.5) is 11.4 Å². The molecule has 112 valence electrons. The van der Waals surface area contributed by atoms with Gasteiger partial charge in [-0.1, -0.05) is 31.5 Å². The van der Waals surface area contributed by atoms with E-state index in [2.05, 4.69) is 17.3 Å². The van der Waals surface area contributed by atoms with Crippen LogP contribution in [0, 0.1) is 0 Å². The molecule has 0 aliphatic rings. The van der Waals surface area contributed by atoms with Crippen LogP contribution in [-0.4, -0.2) is 16.4 Å². The summed E-state index contributed by atoms with van der Waals surface area (Å²) in [4.78, 5) is 11.9. The molecule has 1 aromatic heterocycles. The van der Waals surface area contributed by atoms with E-state index in [0.717, 1.165) is 18.5 Å². The Labute approximate surface area is 124 Å². The SMILES string of the molecule is CCCCOc1nn(CC)c(=O)cc1Nc1ccccc1. The number of aryl methyl sites for hydroxylation is 1. The van der Waals surface area contributed by atoms with Gasteiger partial charge in [-0.15, -0.1) is 5.10 Å². The Balaban J connectivity index is 2.28. The van der Waals surface area contributed by atoms with Crippen LogP contribution in [0.25, 0.3) is 0 Å². The largest absolute Gasteiger partial charge is 0.475 e. The van der Waals surface area contributed by atoms with E-state index in [4.69, 9.17) is 4.74 Å². The van der Waals surface area contributed by atoms with Crippen molar-refractivity contribution >= 4 is 11.4 Å². The Hall–Kier alpha value is -2.30. The summed E-state index contributed by atoms with van der Waals surface area (Å²) >= 11 is 0. The van der Waals surface area contributed by atoms with Crippen LogP contribution in [0.1, 0.15) is 26.7 Å². The highest BCUT2D eigenvalue weighted by Crippen LogP contribution is 2.23. The van der Waals surface area contributed by atoms with E-state index in [1.165, 1.54) is 10.7 Å². The van der Waals surface area contributed by atoms with Crippen LogP contribution in [-0.2, 0) is 6.54 Å². The molecule has 0 radical (unpaired) electrons. The van der Waals surface area contributed by atoms with Crippen LogP contribution in [0.5, 0.6) is 5.88 Å². The number of nitrogens with one attached hydrogen (secondary N) is 1. The predicted molar refractivity (Wildman–Crippen MR) is 84.3 cm³/mol. The molecule has 21 heavy (non-hydrogen) atoms. The molecule has 5 nitrogen and oxygen atoms in total. The first-order valence-electron chi connectivity index (χ1n) is 7.31. The average Bonchev–Trinajstić information content (AvgIpc) is 2.50. The first kappa shape index (κ1) is 15.1. The Morgan fingerprint density at radius 2 is 2.00 bits per heavy atom. The number of hydrogen-bond acceptors (Lipinski definition) is 4. The maximum Gasteiger partial charge on any atom is 0.269 e. The molecule has 0 saturated carbocycles. The normalized spacial score (nSPS) is 10.4. The summed E-state index contributed by atoms with van der Waals surface area (Å²) < 4.78 is 7.11. The topological polar surface area (TPSA) is 56.2 Å². The summed E-state index contributed by atoms with van der Waals surface area (Å²) in [6.07, 6.45) is 2.01. The molecule has 2 aromatic rings. The van der Waals surface area contributed by atoms with Crippen molar-refractivity contribution in [1.29, 1.82) is 0 Å². The second kappa shape index (κ2) is 7.47. The molecular formula is C16H21N3O2. The molecule has 0 aliphatic carbocycles. The molecule has 0 fully saturated rings. The molecule has 0 spiro atoms. The average molecular weight is 287 g/mol. The van der Waals surface area contributed by atoms with Gasteiger partial charge in [0.15, 0.2) is 0 Å². The Morgan fingerprint density at radius 1 is 1.24 bits per heavy atom. The van der Waals surface area contributed by atoms with E-state index in [1.54, 1.807) is 0 Å². The summed E-state index contributed by atoms with van der Waals surface area (Å²) in [6.45, 7) is 5.10. The van der Waals surface area contributed by atoms with E-state index in [1.807, 2.05) is 37.3 Å². The molecule has 0 saturated heterocycles. The number of hydrogen-bond donors (Lipinski definition) is 1. The van der Waals surface area contributed by atoms with Crippen LogP contribution in [0.3, 0.4) is 0 Å². The minimum Gasteiger partial charge on any atom is -0.475 e. The highest BCUT2D eigenvalue weighted by molar-refractivity contribution is 5.63. The summed E-state index contributed by atoms with van der Waals surface area (Å²) in [5.74, 6) is 0.466. The van der Waals surface area contributed by atoms with Crippen LogP contribution >= 0.6 is 0 Å². The highest BCUT2D eigenvalue weighted by Gasteiger charge is 2.10. The summed E-state index contributed by atoms with van der Waals surface area (Å²) in [7, 11) is 0. The number of anilines is 2. The summed E-state index contributed by atoms with van der Waals surface area (Å²) in [5.41, 5.74) is 1.36. The van der Waals surface area contributed by atoms with Gasteiger partial charge in [-0.25, -0.2) is 4.68 Å². The Kier molecular flexibility index (Phi) is 5.37. The van der Waals surface area contributed by atoms with Crippen molar-refractivity contribution in [2.45, 2.75) is 33.2 Å². The van der Waals surface area contributed by atoms with Crippen LogP contribution in [0.2, 0.25) is 0 Å². The molecule has 1 aromatic carbocycles. The third-order valence-electron chi connectivity index (χ3n) is 3.05. The fourth-order valence-electron chi connectivity index (χ4n) is 1.89. The van der Waals surface area contributed by atoms with Crippen molar-refractivity contribution in [3.8, 4) is 5.88 Å². The standard InChI is InChI=1S/C16H21N3O2/c1-3-5-11-21-16-14(12-15(20)19(4-2)18-16)17-13-9-7-6-8-10-13/h6-10,12,17H,3-5,11H2,1-2H3. The van der Waals surface area contributed by atoms with E-state index in [9.17, 15) is 4.79 Å². The fourth-order valence-corrected chi connectivity index (χ4v) is 1.89. The van der Waals surface area contributed by atoms with Crippen molar-refractivity contribution in [3.05, 3.63) is 46.8 Å². The van der Waals surface area contributed by atoms with Gasteiger partial charge in [0, 0.05) is 18.3 Å². The second-order valence-corrected chi connectivity index (χ2v) is 4.71. The number of aromatic nitrogens is 2. The molecule has 1 N–H and O–H groups in total. The molecular weight excluding hydrogens is 266 g/mol. The van der Waals surface area contributed by atoms with Crippen LogP contribution < -0.4 is 15.6 Å². The zero-order valence-corrected chi connectivity index (χ0v) is 12.5. The molecule has 0 unspecified atom stereocenters. The molecule has 1 heterocycles. The first-order chi connectivity index (χ1) is 10.2. The van der Waals surface area contributed by atoms with Gasteiger partial charge in [0.05, 0.1) is 6.61 Å². The number of ether oxygens (including phenoxy) is 1. The van der Waals surface area contributed by atoms with Crippen molar-refractivity contribution in [1.82, 2.24) is 9.78 Å². The first-order valence-corrected chi connectivity index (χ1v) is 7.31. The van der Waals surface area contributed by atoms with Crippen molar-refractivity contribution in [2.75, 3.05) is 11.9 Å². The van der Waals surface area contributed by atoms with Gasteiger partial charge < -0.3 is 10.1 Å². The third kappa shape index (κ3) is 4.08. The molecule has 2 rings (SSSR count). The van der Waals surface area contributed by atoms with Gasteiger partial charge in [-0.05, 0) is 25.5 Å². The molecule has 0 atom stereocenters. The van der Waals surface area contributed by atoms with Crippen molar-refractivity contribution in [2.24, 2.45) is 0 Å². The summed E-state index contributed by atoms with van der Waals surface area (Å²) in [5, 5.41) is 7.47. The predicted octanol–water partition coefficient (Wildman–Crippen LogP) is 3.19. The fraction of sp³-hybridized carbons (Fsp3) is 0.375. The molecule has 0 amide bonds. The summed E-state index contributed by atoms with van der Waals surface area (Å²) in [6, 6.07) is 11.2. The van der Waals surface area contributed by atoms with E-state index >= 15 is 0 Å². The maximum atomic E-state index is 11.9. The maximum absolute atomic E-state index is 11.9. The van der Waals surface area contributed by atoms with Crippen LogP contribution in [0.15, 0.2) is 41.2 Å². The van der Waals surface area contributed by atoms with Gasteiger partial charge in [-0.2, -0.15) is 0 Å². The smallest absolute Gasteiger partial charge is 0.269 e. The number of rotatable bonds is 7. The Morgan fingerprint density at radius 3 is 2.67 bits per heavy atom. The number of para-hydroxylation sites is 1. The zero-order valence-electron chi connectivity index (χ0n) is 12.5. The molecule has 5 heteroatoms. The van der Waals surface area contributed by atoms with Gasteiger partial charge >= 0.3 is 0 Å². The van der Waals surface area contributed by atoms with Crippen molar-refractivity contribution < 1.29 is 4.74 Å².